The van der Waals surface area contributed by atoms with Gasteiger partial charge in [0.15, 0.2) is 6.10 Å². The number of cyclic esters (lactones) is 1. The fraction of sp³-hybridized carbons (Fsp3) is 0.115. The number of ether oxygens (including phenoxy) is 1. The zero-order valence-electron chi connectivity index (χ0n) is 17.7. The quantitative estimate of drug-likeness (QED) is 0.205. The summed E-state index contributed by atoms with van der Waals surface area (Å²) in [5, 5.41) is 15.6. The van der Waals surface area contributed by atoms with Crippen LogP contribution >= 0.6 is 0 Å². The summed E-state index contributed by atoms with van der Waals surface area (Å²) in [6.07, 6.45) is 1.31. The second kappa shape index (κ2) is 7.43. The normalized spacial score (nSPS) is 15.3. The summed E-state index contributed by atoms with van der Waals surface area (Å²) in [6.45, 7) is 1.19. The van der Waals surface area contributed by atoms with Crippen LogP contribution in [0.3, 0.4) is 0 Å². The predicted molar refractivity (Wildman–Crippen MR) is 127 cm³/mol. The number of hydrogen-bond acceptors (Lipinski definition) is 5. The smallest absolute Gasteiger partial charge is 0.339 e. The van der Waals surface area contributed by atoms with Crippen LogP contribution in [0.1, 0.15) is 38.8 Å². The number of aromatic amines is 2. The Morgan fingerprint density at radius 2 is 1.97 bits per heavy atom. The van der Waals surface area contributed by atoms with E-state index in [1.54, 1.807) is 12.1 Å². The van der Waals surface area contributed by atoms with Crippen molar-refractivity contribution in [3.63, 3.8) is 0 Å². The second-order valence-corrected chi connectivity index (χ2v) is 8.35. The molecule has 3 aromatic carbocycles. The number of fused-ring (bicyclic) bond motifs is 3. The van der Waals surface area contributed by atoms with Crippen molar-refractivity contribution < 1.29 is 14.6 Å². The molecule has 7 nitrogen and oxygen atoms in total. The minimum Gasteiger partial charge on any atom is -0.508 e. The summed E-state index contributed by atoms with van der Waals surface area (Å²) in [4.78, 5) is 19.2. The van der Waals surface area contributed by atoms with Gasteiger partial charge in [-0.1, -0.05) is 24.3 Å². The molecule has 164 valence electrons. The highest BCUT2D eigenvalue weighted by Crippen LogP contribution is 2.42. The maximum absolute atomic E-state index is 12.5. The summed E-state index contributed by atoms with van der Waals surface area (Å²) in [7, 11) is 0. The predicted octanol–water partition coefficient (Wildman–Crippen LogP) is 4.49. The number of anilines is 1. The average Bonchev–Trinajstić information content (AvgIpc) is 3.49. The Hall–Kier alpha value is -4.23. The van der Waals surface area contributed by atoms with Crippen LogP contribution in [0.25, 0.3) is 21.8 Å². The molecule has 1 atom stereocenters. The Bertz CT molecular complexity index is 1530. The van der Waals surface area contributed by atoms with Crippen LogP contribution in [0.15, 0.2) is 66.9 Å². The molecule has 0 radical (unpaired) electrons. The number of carbonyl (C=O) groups is 1. The van der Waals surface area contributed by atoms with E-state index in [-0.39, 0.29) is 5.75 Å². The van der Waals surface area contributed by atoms with Gasteiger partial charge in [-0.25, -0.2) is 4.79 Å². The summed E-state index contributed by atoms with van der Waals surface area (Å²) in [5.74, 6) is -0.304. The van der Waals surface area contributed by atoms with Crippen molar-refractivity contribution in [2.75, 3.05) is 5.73 Å². The average molecular weight is 438 g/mol. The number of nitrogen functional groups attached to an aromatic ring is 1. The highest BCUT2D eigenvalue weighted by atomic mass is 16.5. The number of rotatable bonds is 5. The van der Waals surface area contributed by atoms with Crippen LogP contribution in [-0.2, 0) is 17.8 Å². The number of benzene rings is 3. The Kier molecular flexibility index (Phi) is 4.38. The first kappa shape index (κ1) is 19.5. The van der Waals surface area contributed by atoms with Crippen LogP contribution in [0.4, 0.5) is 5.69 Å². The minimum atomic E-state index is -0.623. The van der Waals surface area contributed by atoms with Crippen molar-refractivity contribution in [1.82, 2.24) is 15.3 Å². The minimum absolute atomic E-state index is 0.0933. The number of H-pyrrole nitrogens is 2. The molecule has 0 spiro atoms. The SMILES string of the molecule is Nc1cccc2c(C3OC(=O)c4ccc(O)cc43)c(CNCc3ccc4cc[nH]c4c3)[nH]c12. The maximum Gasteiger partial charge on any atom is 0.339 e. The molecule has 0 saturated carbocycles. The fourth-order valence-electron chi connectivity index (χ4n) is 4.69. The van der Waals surface area contributed by atoms with Gasteiger partial charge in [0.1, 0.15) is 5.75 Å². The first-order chi connectivity index (χ1) is 16.1. The van der Waals surface area contributed by atoms with Crippen LogP contribution in [0, 0.1) is 0 Å². The Morgan fingerprint density at radius 1 is 1.06 bits per heavy atom. The summed E-state index contributed by atoms with van der Waals surface area (Å²) < 4.78 is 5.78. The van der Waals surface area contributed by atoms with E-state index in [1.165, 1.54) is 11.5 Å². The van der Waals surface area contributed by atoms with Crippen molar-refractivity contribution in [1.29, 1.82) is 0 Å². The topological polar surface area (TPSA) is 116 Å². The van der Waals surface area contributed by atoms with E-state index < -0.39 is 12.1 Å². The van der Waals surface area contributed by atoms with E-state index >= 15 is 0 Å². The number of esters is 1. The zero-order chi connectivity index (χ0) is 22.5. The maximum atomic E-state index is 12.5. The molecule has 1 unspecified atom stereocenters. The number of phenols is 1. The van der Waals surface area contributed by atoms with Crippen molar-refractivity contribution in [3.05, 3.63) is 94.8 Å². The molecule has 2 aromatic heterocycles. The van der Waals surface area contributed by atoms with E-state index in [0.717, 1.165) is 33.2 Å². The number of para-hydroxylation sites is 1. The fourth-order valence-corrected chi connectivity index (χ4v) is 4.69. The molecule has 3 heterocycles. The molecule has 1 aliphatic heterocycles. The molecular formula is C26H22N4O3. The molecule has 0 fully saturated rings. The lowest BCUT2D eigenvalue weighted by atomic mass is 9.96. The third-order valence-corrected chi connectivity index (χ3v) is 6.26. The van der Waals surface area contributed by atoms with E-state index in [1.807, 2.05) is 30.5 Å². The molecule has 6 N–H and O–H groups in total. The molecule has 0 amide bonds. The van der Waals surface area contributed by atoms with Crippen molar-refractivity contribution in [2.45, 2.75) is 19.2 Å². The lowest BCUT2D eigenvalue weighted by molar-refractivity contribution is 0.0456. The van der Waals surface area contributed by atoms with E-state index in [0.29, 0.717) is 29.9 Å². The van der Waals surface area contributed by atoms with Gasteiger partial charge in [0.05, 0.1) is 16.8 Å². The van der Waals surface area contributed by atoms with Gasteiger partial charge in [0, 0.05) is 47.0 Å². The van der Waals surface area contributed by atoms with Crippen molar-refractivity contribution in [3.8, 4) is 5.75 Å². The van der Waals surface area contributed by atoms with Crippen LogP contribution < -0.4 is 11.1 Å². The lowest BCUT2D eigenvalue weighted by Crippen LogP contribution is -2.15. The number of nitrogens with two attached hydrogens (primary N) is 1. The Labute approximate surface area is 189 Å². The first-order valence-corrected chi connectivity index (χ1v) is 10.8. The highest BCUT2D eigenvalue weighted by molar-refractivity contribution is 5.98. The molecule has 33 heavy (non-hydrogen) atoms. The van der Waals surface area contributed by atoms with Crippen molar-refractivity contribution in [2.24, 2.45) is 0 Å². The van der Waals surface area contributed by atoms with Gasteiger partial charge >= 0.3 is 5.97 Å². The molecule has 0 bridgehead atoms. The molecule has 0 aliphatic carbocycles. The van der Waals surface area contributed by atoms with E-state index in [9.17, 15) is 9.90 Å². The van der Waals surface area contributed by atoms with Crippen LogP contribution in [0.5, 0.6) is 5.75 Å². The molecule has 6 rings (SSSR count). The first-order valence-electron chi connectivity index (χ1n) is 10.8. The largest absolute Gasteiger partial charge is 0.508 e. The second-order valence-electron chi connectivity index (χ2n) is 8.35. The van der Waals surface area contributed by atoms with Gasteiger partial charge in [0.2, 0.25) is 0 Å². The Morgan fingerprint density at radius 3 is 2.88 bits per heavy atom. The molecule has 1 aliphatic rings. The molecular weight excluding hydrogens is 416 g/mol. The lowest BCUT2D eigenvalue weighted by Gasteiger charge is -2.14. The number of aromatic hydroxyl groups is 1. The van der Waals surface area contributed by atoms with Gasteiger partial charge in [-0.3, -0.25) is 0 Å². The zero-order valence-corrected chi connectivity index (χ0v) is 17.7. The number of carbonyl (C=O) groups excluding carboxylic acids is 1. The third-order valence-electron chi connectivity index (χ3n) is 6.26. The van der Waals surface area contributed by atoms with Crippen LogP contribution in [-0.4, -0.2) is 21.0 Å². The molecule has 0 saturated heterocycles. The Balaban J connectivity index is 1.36. The van der Waals surface area contributed by atoms with Gasteiger partial charge in [-0.05, 0) is 47.3 Å². The standard InChI is InChI=1S/C26H22N4O3/c27-20-3-1-2-18-23(25-19-11-16(31)6-7-17(19)26(32)33-25)22(30-24(18)20)13-28-12-14-4-5-15-8-9-29-21(15)10-14/h1-11,25,28-31H,12-13,27H2. The van der Waals surface area contributed by atoms with E-state index in [2.05, 4.69) is 33.5 Å². The van der Waals surface area contributed by atoms with Gasteiger partial charge in [-0.15, -0.1) is 0 Å². The summed E-state index contributed by atoms with van der Waals surface area (Å²) in [6, 6.07) is 18.8. The monoisotopic (exact) mass is 438 g/mol. The summed E-state index contributed by atoms with van der Waals surface area (Å²) >= 11 is 0. The van der Waals surface area contributed by atoms with E-state index in [4.69, 9.17) is 10.5 Å². The van der Waals surface area contributed by atoms with Crippen molar-refractivity contribution >= 4 is 33.5 Å². The van der Waals surface area contributed by atoms with Crippen LogP contribution in [0.2, 0.25) is 0 Å². The van der Waals surface area contributed by atoms with Gasteiger partial charge in [0.25, 0.3) is 0 Å². The third kappa shape index (κ3) is 3.21. The number of phenolic OH excluding ortho intramolecular Hbond substituents is 1. The number of aromatic nitrogens is 2. The highest BCUT2D eigenvalue weighted by Gasteiger charge is 2.35. The molecule has 7 heteroatoms. The number of hydrogen-bond donors (Lipinski definition) is 5. The number of nitrogens with one attached hydrogen (secondary N) is 3. The molecule has 5 aromatic rings. The van der Waals surface area contributed by atoms with Gasteiger partial charge < -0.3 is 30.9 Å². The van der Waals surface area contributed by atoms with Gasteiger partial charge in [-0.2, -0.15) is 0 Å². The summed E-state index contributed by atoms with van der Waals surface area (Å²) in [5.41, 5.74) is 12.8.